The van der Waals surface area contributed by atoms with E-state index < -0.39 is 0 Å². The van der Waals surface area contributed by atoms with Crippen molar-refractivity contribution in [3.63, 3.8) is 0 Å². The van der Waals surface area contributed by atoms with Crippen molar-refractivity contribution in [2.45, 2.75) is 59.4 Å². The number of rotatable bonds is 4. The average Bonchev–Trinajstić information content (AvgIpc) is 2.86. The molecule has 0 saturated heterocycles. The van der Waals surface area contributed by atoms with Crippen LogP contribution in [0.25, 0.3) is 0 Å². The maximum absolute atomic E-state index is 12.3. The SMILES string of the molecule is CCC(C)C1CCC(n2c(O)c(C(C)=O)c(C)cc2=O)C1. The topological polar surface area (TPSA) is 59.3 Å². The van der Waals surface area contributed by atoms with Crippen molar-refractivity contribution in [2.24, 2.45) is 11.8 Å². The fourth-order valence-electron chi connectivity index (χ4n) is 3.59. The standard InChI is InChI=1S/C17H25NO3/c1-5-10(2)13-6-7-14(9-13)18-15(20)8-11(3)16(12(4)19)17(18)21/h8,10,13-14,21H,5-7,9H2,1-4H3. The third-order valence-electron chi connectivity index (χ3n) is 5.03. The number of carbonyl (C=O) groups excluding carboxylic acids is 1. The zero-order chi connectivity index (χ0) is 15.7. The second kappa shape index (κ2) is 6.04. The van der Waals surface area contributed by atoms with Gasteiger partial charge >= 0.3 is 0 Å². The van der Waals surface area contributed by atoms with Crippen LogP contribution in [-0.4, -0.2) is 15.5 Å². The van der Waals surface area contributed by atoms with Crippen LogP contribution in [0.15, 0.2) is 10.9 Å². The molecule has 0 aliphatic heterocycles. The minimum absolute atomic E-state index is 0.00944. The van der Waals surface area contributed by atoms with Gasteiger partial charge in [-0.05, 0) is 50.5 Å². The predicted octanol–water partition coefficient (Wildman–Crippen LogP) is 3.45. The Balaban J connectivity index is 2.40. The predicted molar refractivity (Wildman–Crippen MR) is 82.9 cm³/mol. The second-order valence-corrected chi connectivity index (χ2v) is 6.40. The first-order valence-corrected chi connectivity index (χ1v) is 7.82. The van der Waals surface area contributed by atoms with Gasteiger partial charge in [0.2, 0.25) is 5.88 Å². The third kappa shape index (κ3) is 2.89. The van der Waals surface area contributed by atoms with Crippen molar-refractivity contribution < 1.29 is 9.90 Å². The molecule has 1 aromatic rings. The third-order valence-corrected chi connectivity index (χ3v) is 5.03. The summed E-state index contributed by atoms with van der Waals surface area (Å²) < 4.78 is 1.44. The lowest BCUT2D eigenvalue weighted by Gasteiger charge is -2.20. The van der Waals surface area contributed by atoms with Gasteiger partial charge in [0.15, 0.2) is 5.78 Å². The molecule has 21 heavy (non-hydrogen) atoms. The molecule has 0 spiro atoms. The molecular formula is C17H25NO3. The van der Waals surface area contributed by atoms with E-state index in [4.69, 9.17) is 0 Å². The summed E-state index contributed by atoms with van der Waals surface area (Å²) in [5, 5.41) is 10.4. The summed E-state index contributed by atoms with van der Waals surface area (Å²) in [6.45, 7) is 7.54. The molecule has 0 aromatic carbocycles. The highest BCUT2D eigenvalue weighted by Crippen LogP contribution is 2.41. The van der Waals surface area contributed by atoms with Crippen molar-refractivity contribution >= 4 is 5.78 Å². The quantitative estimate of drug-likeness (QED) is 0.864. The Morgan fingerprint density at radius 3 is 2.71 bits per heavy atom. The minimum Gasteiger partial charge on any atom is -0.494 e. The second-order valence-electron chi connectivity index (χ2n) is 6.40. The molecule has 0 amide bonds. The van der Waals surface area contributed by atoms with Crippen LogP contribution in [0.2, 0.25) is 0 Å². The van der Waals surface area contributed by atoms with Crippen molar-refractivity contribution in [1.29, 1.82) is 0 Å². The van der Waals surface area contributed by atoms with Gasteiger partial charge in [0, 0.05) is 12.1 Å². The monoisotopic (exact) mass is 291 g/mol. The Kier molecular flexibility index (Phi) is 4.55. The van der Waals surface area contributed by atoms with Crippen LogP contribution >= 0.6 is 0 Å². The number of aromatic nitrogens is 1. The summed E-state index contributed by atoms with van der Waals surface area (Å²) in [6.07, 6.45) is 4.01. The molecule has 4 nitrogen and oxygen atoms in total. The van der Waals surface area contributed by atoms with Crippen LogP contribution in [0.4, 0.5) is 0 Å². The lowest BCUT2D eigenvalue weighted by molar-refractivity contribution is 0.101. The van der Waals surface area contributed by atoms with E-state index in [1.165, 1.54) is 17.6 Å². The maximum Gasteiger partial charge on any atom is 0.253 e. The zero-order valence-corrected chi connectivity index (χ0v) is 13.3. The van der Waals surface area contributed by atoms with Crippen LogP contribution in [0.1, 0.15) is 68.4 Å². The van der Waals surface area contributed by atoms with E-state index in [1.54, 1.807) is 6.92 Å². The first kappa shape index (κ1) is 15.8. The van der Waals surface area contributed by atoms with Crippen LogP contribution < -0.4 is 5.56 Å². The van der Waals surface area contributed by atoms with Crippen molar-refractivity contribution in [1.82, 2.24) is 4.57 Å². The summed E-state index contributed by atoms with van der Waals surface area (Å²) in [6, 6.07) is 1.47. The maximum atomic E-state index is 12.3. The smallest absolute Gasteiger partial charge is 0.253 e. The first-order chi connectivity index (χ1) is 9.86. The van der Waals surface area contributed by atoms with E-state index in [2.05, 4.69) is 13.8 Å². The van der Waals surface area contributed by atoms with Gasteiger partial charge in [0.05, 0.1) is 5.56 Å². The summed E-state index contributed by atoms with van der Waals surface area (Å²) in [5.41, 5.74) is 0.629. The number of carbonyl (C=O) groups is 1. The number of hydrogen-bond donors (Lipinski definition) is 1. The molecule has 116 valence electrons. The van der Waals surface area contributed by atoms with E-state index >= 15 is 0 Å². The van der Waals surface area contributed by atoms with Crippen LogP contribution in [0.3, 0.4) is 0 Å². The fourth-order valence-corrected chi connectivity index (χ4v) is 3.59. The lowest BCUT2D eigenvalue weighted by atomic mass is 9.90. The van der Waals surface area contributed by atoms with Crippen LogP contribution in [0, 0.1) is 18.8 Å². The summed E-state index contributed by atoms with van der Waals surface area (Å²) in [7, 11) is 0. The molecule has 1 aliphatic carbocycles. The number of ketones is 1. The average molecular weight is 291 g/mol. The van der Waals surface area contributed by atoms with E-state index in [-0.39, 0.29) is 28.8 Å². The molecule has 0 bridgehead atoms. The Labute approximate surface area is 125 Å². The molecule has 1 N–H and O–H groups in total. The van der Waals surface area contributed by atoms with Crippen molar-refractivity contribution in [3.8, 4) is 5.88 Å². The summed E-state index contributed by atoms with van der Waals surface area (Å²) in [5.74, 6) is 0.872. The molecule has 3 atom stereocenters. The Morgan fingerprint density at radius 2 is 2.14 bits per heavy atom. The molecule has 1 aliphatic rings. The molecule has 3 unspecified atom stereocenters. The van der Waals surface area contributed by atoms with Gasteiger partial charge in [-0.3, -0.25) is 14.2 Å². The van der Waals surface area contributed by atoms with Gasteiger partial charge < -0.3 is 5.11 Å². The van der Waals surface area contributed by atoms with Crippen LogP contribution in [-0.2, 0) is 0 Å². The number of aromatic hydroxyl groups is 1. The summed E-state index contributed by atoms with van der Waals surface area (Å²) >= 11 is 0. The van der Waals surface area contributed by atoms with E-state index in [1.807, 2.05) is 0 Å². The largest absolute Gasteiger partial charge is 0.494 e. The first-order valence-electron chi connectivity index (χ1n) is 7.82. The van der Waals surface area contributed by atoms with Gasteiger partial charge in [0.25, 0.3) is 5.56 Å². The molecule has 1 aromatic heterocycles. The molecule has 1 heterocycles. The Hall–Kier alpha value is -1.58. The molecular weight excluding hydrogens is 266 g/mol. The highest BCUT2D eigenvalue weighted by Gasteiger charge is 2.31. The van der Waals surface area contributed by atoms with Crippen LogP contribution in [0.5, 0.6) is 5.88 Å². The fraction of sp³-hybridized carbons (Fsp3) is 0.647. The Bertz CT molecular complexity index is 603. The van der Waals surface area contributed by atoms with Gasteiger partial charge in [0.1, 0.15) is 0 Å². The van der Waals surface area contributed by atoms with Gasteiger partial charge in [-0.2, -0.15) is 0 Å². The number of hydrogen-bond acceptors (Lipinski definition) is 3. The molecule has 2 rings (SSSR count). The zero-order valence-electron chi connectivity index (χ0n) is 13.3. The van der Waals surface area contributed by atoms with Gasteiger partial charge in [-0.25, -0.2) is 0 Å². The van der Waals surface area contributed by atoms with E-state index in [0.717, 1.165) is 25.7 Å². The number of pyridine rings is 1. The number of nitrogens with zero attached hydrogens (tertiary/aromatic N) is 1. The van der Waals surface area contributed by atoms with E-state index in [9.17, 15) is 14.7 Å². The molecule has 4 heteroatoms. The van der Waals surface area contributed by atoms with Gasteiger partial charge in [-0.1, -0.05) is 20.3 Å². The van der Waals surface area contributed by atoms with Crippen molar-refractivity contribution in [3.05, 3.63) is 27.5 Å². The molecule has 1 saturated carbocycles. The van der Waals surface area contributed by atoms with Crippen molar-refractivity contribution in [2.75, 3.05) is 0 Å². The lowest BCUT2D eigenvalue weighted by Crippen LogP contribution is -2.25. The molecule has 1 fully saturated rings. The highest BCUT2D eigenvalue weighted by molar-refractivity contribution is 5.97. The number of Topliss-reactive ketones (excluding diaryl/α,β-unsaturated/α-hetero) is 1. The minimum atomic E-state index is -0.204. The normalized spacial score (nSPS) is 23.2. The Morgan fingerprint density at radius 1 is 1.48 bits per heavy atom. The summed E-state index contributed by atoms with van der Waals surface area (Å²) in [4.78, 5) is 24.0. The number of aryl methyl sites for hydroxylation is 1. The van der Waals surface area contributed by atoms with Gasteiger partial charge in [-0.15, -0.1) is 0 Å². The van der Waals surface area contributed by atoms with E-state index in [0.29, 0.717) is 17.4 Å². The molecule has 0 radical (unpaired) electrons. The highest BCUT2D eigenvalue weighted by atomic mass is 16.3.